The molecule has 13 heavy (non-hydrogen) atoms. The number of rotatable bonds is 4. The molecule has 1 unspecified atom stereocenters. The van der Waals surface area contributed by atoms with E-state index in [0.717, 1.165) is 12.8 Å². The zero-order valence-electron chi connectivity index (χ0n) is 9.98. The molecule has 0 saturated carbocycles. The summed E-state index contributed by atoms with van der Waals surface area (Å²) < 4.78 is 0. The molecule has 0 spiro atoms. The van der Waals surface area contributed by atoms with Crippen molar-refractivity contribution in [2.45, 2.75) is 54.4 Å². The first kappa shape index (κ1) is 12.7. The molecule has 0 aliphatic carbocycles. The first-order chi connectivity index (χ1) is 5.79. The molecule has 0 aromatic carbocycles. The largest absolute Gasteiger partial charge is 0.299 e. The SMILES string of the molecule is CCC(CC(C)C)C(=O)C(C)(C)C. The van der Waals surface area contributed by atoms with E-state index < -0.39 is 0 Å². The Hall–Kier alpha value is -0.330. The highest BCUT2D eigenvalue weighted by Gasteiger charge is 2.28. The van der Waals surface area contributed by atoms with Crippen molar-refractivity contribution in [2.24, 2.45) is 17.3 Å². The molecule has 0 bridgehead atoms. The summed E-state index contributed by atoms with van der Waals surface area (Å²) in [4.78, 5) is 11.9. The zero-order valence-corrected chi connectivity index (χ0v) is 9.98. The van der Waals surface area contributed by atoms with E-state index in [0.29, 0.717) is 11.7 Å². The fourth-order valence-electron chi connectivity index (χ4n) is 1.64. The number of hydrogen-bond donors (Lipinski definition) is 0. The smallest absolute Gasteiger partial charge is 0.141 e. The molecule has 1 nitrogen and oxygen atoms in total. The average Bonchev–Trinajstić information content (AvgIpc) is 1.96. The fraction of sp³-hybridized carbons (Fsp3) is 0.917. The molecule has 0 heterocycles. The molecule has 0 saturated heterocycles. The van der Waals surface area contributed by atoms with E-state index in [4.69, 9.17) is 0 Å². The van der Waals surface area contributed by atoms with E-state index in [1.54, 1.807) is 0 Å². The van der Waals surface area contributed by atoms with Gasteiger partial charge in [0.1, 0.15) is 5.78 Å². The van der Waals surface area contributed by atoms with Crippen LogP contribution in [-0.2, 0) is 4.79 Å². The second kappa shape index (κ2) is 4.78. The van der Waals surface area contributed by atoms with E-state index in [1.807, 2.05) is 20.8 Å². The molecule has 1 atom stereocenters. The van der Waals surface area contributed by atoms with E-state index in [-0.39, 0.29) is 11.3 Å². The Morgan fingerprint density at radius 1 is 1.23 bits per heavy atom. The average molecular weight is 184 g/mol. The lowest BCUT2D eigenvalue weighted by molar-refractivity contribution is -0.131. The van der Waals surface area contributed by atoms with Crippen molar-refractivity contribution in [2.75, 3.05) is 0 Å². The summed E-state index contributed by atoms with van der Waals surface area (Å²) in [6.07, 6.45) is 2.01. The first-order valence-corrected chi connectivity index (χ1v) is 5.33. The number of Topliss-reactive ketones (excluding diaryl/α,β-unsaturated/α-hetero) is 1. The summed E-state index contributed by atoms with van der Waals surface area (Å²) in [5, 5.41) is 0. The summed E-state index contributed by atoms with van der Waals surface area (Å²) in [5.74, 6) is 1.31. The van der Waals surface area contributed by atoms with Crippen molar-refractivity contribution in [3.63, 3.8) is 0 Å². The summed E-state index contributed by atoms with van der Waals surface area (Å²) in [6.45, 7) is 12.5. The van der Waals surface area contributed by atoms with Gasteiger partial charge >= 0.3 is 0 Å². The second-order valence-corrected chi connectivity index (χ2v) is 5.35. The number of hydrogen-bond acceptors (Lipinski definition) is 1. The van der Waals surface area contributed by atoms with Crippen LogP contribution in [0.15, 0.2) is 0 Å². The first-order valence-electron chi connectivity index (χ1n) is 5.33. The van der Waals surface area contributed by atoms with E-state index in [1.165, 1.54) is 0 Å². The van der Waals surface area contributed by atoms with Gasteiger partial charge in [0.25, 0.3) is 0 Å². The monoisotopic (exact) mass is 184 g/mol. The normalized spacial score (nSPS) is 14.7. The molecule has 0 amide bonds. The maximum Gasteiger partial charge on any atom is 0.141 e. The molecular weight excluding hydrogens is 160 g/mol. The Bertz CT molecular complexity index is 162. The lowest BCUT2D eigenvalue weighted by Crippen LogP contribution is -2.28. The molecule has 0 aliphatic heterocycles. The molecule has 1 heteroatoms. The highest BCUT2D eigenvalue weighted by atomic mass is 16.1. The van der Waals surface area contributed by atoms with Gasteiger partial charge in [0.2, 0.25) is 0 Å². The Morgan fingerprint density at radius 3 is 1.92 bits per heavy atom. The van der Waals surface area contributed by atoms with Crippen LogP contribution in [0.2, 0.25) is 0 Å². The molecule has 0 aromatic heterocycles. The van der Waals surface area contributed by atoms with E-state index >= 15 is 0 Å². The molecule has 0 rings (SSSR count). The Morgan fingerprint density at radius 2 is 1.69 bits per heavy atom. The quantitative estimate of drug-likeness (QED) is 0.651. The van der Waals surface area contributed by atoms with Crippen LogP contribution in [-0.4, -0.2) is 5.78 Å². The molecule has 0 N–H and O–H groups in total. The maximum absolute atomic E-state index is 11.9. The zero-order chi connectivity index (χ0) is 10.6. The van der Waals surface area contributed by atoms with Crippen LogP contribution in [0.25, 0.3) is 0 Å². The summed E-state index contributed by atoms with van der Waals surface area (Å²) >= 11 is 0. The van der Waals surface area contributed by atoms with Crippen LogP contribution in [0.5, 0.6) is 0 Å². The predicted octanol–water partition coefficient (Wildman–Crippen LogP) is 3.67. The standard InChI is InChI=1S/C12H24O/c1-7-10(8-9(2)3)11(13)12(4,5)6/h9-10H,7-8H2,1-6H3. The number of carbonyl (C=O) groups excluding carboxylic acids is 1. The van der Waals surface area contributed by atoms with Crippen LogP contribution in [0.4, 0.5) is 0 Å². The molecular formula is C12H24O. The van der Waals surface area contributed by atoms with Crippen molar-refractivity contribution in [3.05, 3.63) is 0 Å². The third-order valence-corrected chi connectivity index (χ3v) is 2.36. The van der Waals surface area contributed by atoms with Crippen LogP contribution < -0.4 is 0 Å². The van der Waals surface area contributed by atoms with Gasteiger partial charge in [-0.1, -0.05) is 41.5 Å². The van der Waals surface area contributed by atoms with Crippen molar-refractivity contribution < 1.29 is 4.79 Å². The predicted molar refractivity (Wildman–Crippen MR) is 57.7 cm³/mol. The van der Waals surface area contributed by atoms with E-state index in [2.05, 4.69) is 20.8 Å². The van der Waals surface area contributed by atoms with Gasteiger partial charge < -0.3 is 0 Å². The van der Waals surface area contributed by atoms with Gasteiger partial charge in [0.15, 0.2) is 0 Å². The van der Waals surface area contributed by atoms with Crippen molar-refractivity contribution >= 4 is 5.78 Å². The van der Waals surface area contributed by atoms with Crippen LogP contribution in [0.3, 0.4) is 0 Å². The highest BCUT2D eigenvalue weighted by molar-refractivity contribution is 5.85. The van der Waals surface area contributed by atoms with Crippen molar-refractivity contribution in [1.29, 1.82) is 0 Å². The molecule has 0 radical (unpaired) electrons. The van der Waals surface area contributed by atoms with Gasteiger partial charge in [0.05, 0.1) is 0 Å². The topological polar surface area (TPSA) is 17.1 Å². The summed E-state index contributed by atoms with van der Waals surface area (Å²) in [5.41, 5.74) is -0.171. The number of carbonyl (C=O) groups is 1. The van der Waals surface area contributed by atoms with E-state index in [9.17, 15) is 4.79 Å². The highest BCUT2D eigenvalue weighted by Crippen LogP contribution is 2.26. The minimum Gasteiger partial charge on any atom is -0.299 e. The van der Waals surface area contributed by atoms with Gasteiger partial charge in [-0.05, 0) is 18.8 Å². The fourth-order valence-corrected chi connectivity index (χ4v) is 1.64. The van der Waals surface area contributed by atoms with Gasteiger partial charge in [0, 0.05) is 11.3 Å². The Labute approximate surface area is 82.9 Å². The van der Waals surface area contributed by atoms with Crippen LogP contribution >= 0.6 is 0 Å². The number of ketones is 1. The minimum atomic E-state index is -0.171. The summed E-state index contributed by atoms with van der Waals surface area (Å²) in [7, 11) is 0. The van der Waals surface area contributed by atoms with Gasteiger partial charge in [-0.2, -0.15) is 0 Å². The second-order valence-electron chi connectivity index (χ2n) is 5.35. The molecule has 0 aliphatic rings. The third kappa shape index (κ3) is 4.44. The van der Waals surface area contributed by atoms with Crippen molar-refractivity contribution in [1.82, 2.24) is 0 Å². The summed E-state index contributed by atoms with van der Waals surface area (Å²) in [6, 6.07) is 0. The maximum atomic E-state index is 11.9. The molecule has 0 aromatic rings. The lowest BCUT2D eigenvalue weighted by Gasteiger charge is -2.24. The van der Waals surface area contributed by atoms with Gasteiger partial charge in [-0.25, -0.2) is 0 Å². The molecule has 78 valence electrons. The van der Waals surface area contributed by atoms with Crippen LogP contribution in [0, 0.1) is 17.3 Å². The van der Waals surface area contributed by atoms with Crippen LogP contribution in [0.1, 0.15) is 54.4 Å². The van der Waals surface area contributed by atoms with Crippen molar-refractivity contribution in [3.8, 4) is 0 Å². The van der Waals surface area contributed by atoms with Gasteiger partial charge in [-0.3, -0.25) is 4.79 Å². The van der Waals surface area contributed by atoms with Gasteiger partial charge in [-0.15, -0.1) is 0 Å². The Kier molecular flexibility index (Phi) is 4.66. The Balaban J connectivity index is 4.33. The lowest BCUT2D eigenvalue weighted by atomic mass is 9.78. The third-order valence-electron chi connectivity index (χ3n) is 2.36. The minimum absolute atomic E-state index is 0.171. The molecule has 0 fully saturated rings.